The number of hydrogen-bond donors (Lipinski definition) is 1. The molecule has 0 saturated carbocycles. The van der Waals surface area contributed by atoms with E-state index in [-0.39, 0.29) is 5.91 Å². The van der Waals surface area contributed by atoms with Crippen molar-refractivity contribution in [3.8, 4) is 0 Å². The molecule has 134 valence electrons. The first-order valence-corrected chi connectivity index (χ1v) is 9.40. The molecule has 1 N–H and O–H groups in total. The molecule has 1 atom stereocenters. The van der Waals surface area contributed by atoms with Gasteiger partial charge in [0.1, 0.15) is 0 Å². The lowest BCUT2D eigenvalue weighted by Gasteiger charge is -2.33. The molecule has 0 aliphatic carbocycles. The van der Waals surface area contributed by atoms with Gasteiger partial charge in [0.05, 0.1) is 5.69 Å². The van der Waals surface area contributed by atoms with Crippen LogP contribution in [0.25, 0.3) is 5.65 Å². The molecule has 4 heterocycles. The smallest absolute Gasteiger partial charge is 0.220 e. The third-order valence-corrected chi connectivity index (χ3v) is 5.42. The predicted molar refractivity (Wildman–Crippen MR) is 94.3 cm³/mol. The van der Waals surface area contributed by atoms with Crippen molar-refractivity contribution in [2.24, 2.45) is 0 Å². The zero-order valence-electron chi connectivity index (χ0n) is 14.8. The Bertz CT molecular complexity index is 749. The summed E-state index contributed by atoms with van der Waals surface area (Å²) in [6, 6.07) is 4.25. The third-order valence-electron chi connectivity index (χ3n) is 5.42. The Balaban J connectivity index is 1.37. The molecule has 0 radical (unpaired) electrons. The summed E-state index contributed by atoms with van der Waals surface area (Å²) in [7, 11) is 0. The summed E-state index contributed by atoms with van der Waals surface area (Å²) in [6.07, 6.45) is 6.09. The van der Waals surface area contributed by atoms with Crippen molar-refractivity contribution in [3.63, 3.8) is 0 Å². The number of amides is 1. The Morgan fingerprint density at radius 1 is 1.16 bits per heavy atom. The van der Waals surface area contributed by atoms with E-state index in [9.17, 15) is 4.79 Å². The summed E-state index contributed by atoms with van der Waals surface area (Å²) in [5, 5.41) is 16.4. The van der Waals surface area contributed by atoms with E-state index in [1.165, 1.54) is 0 Å². The second-order valence-electron chi connectivity index (χ2n) is 7.39. The highest BCUT2D eigenvalue weighted by molar-refractivity contribution is 5.76. The SMILES string of the molecule is Cc1ccc2nnc(C3CCN(CC4CCCCC(=O)N4)CC3)n2n1. The van der Waals surface area contributed by atoms with E-state index >= 15 is 0 Å². The Labute approximate surface area is 147 Å². The van der Waals surface area contributed by atoms with Crippen molar-refractivity contribution in [2.75, 3.05) is 19.6 Å². The first kappa shape index (κ1) is 16.4. The Morgan fingerprint density at radius 3 is 2.84 bits per heavy atom. The molecule has 7 nitrogen and oxygen atoms in total. The summed E-state index contributed by atoms with van der Waals surface area (Å²) >= 11 is 0. The standard InChI is InChI=1S/C18H26N6O/c1-13-6-7-16-20-21-18(24(16)22-13)14-8-10-23(11-9-14)12-15-4-2-3-5-17(25)19-15/h6-7,14-15H,2-5,8-12H2,1H3,(H,19,25). The minimum Gasteiger partial charge on any atom is -0.352 e. The number of carbonyl (C=O) groups is 1. The van der Waals surface area contributed by atoms with Crippen molar-refractivity contribution in [1.29, 1.82) is 0 Å². The number of rotatable bonds is 3. The minimum atomic E-state index is 0.216. The van der Waals surface area contributed by atoms with E-state index in [1.807, 2.05) is 23.6 Å². The highest BCUT2D eigenvalue weighted by Crippen LogP contribution is 2.27. The van der Waals surface area contributed by atoms with Gasteiger partial charge in [-0.25, -0.2) is 0 Å². The topological polar surface area (TPSA) is 75.4 Å². The van der Waals surface area contributed by atoms with Gasteiger partial charge in [-0.1, -0.05) is 6.42 Å². The molecule has 4 rings (SSSR count). The van der Waals surface area contributed by atoms with E-state index in [1.54, 1.807) is 0 Å². The minimum absolute atomic E-state index is 0.216. The Kier molecular flexibility index (Phi) is 4.65. The van der Waals surface area contributed by atoms with Crippen LogP contribution in [0.4, 0.5) is 0 Å². The van der Waals surface area contributed by atoms with Gasteiger partial charge in [0.25, 0.3) is 0 Å². The van der Waals surface area contributed by atoms with E-state index in [2.05, 4.69) is 25.5 Å². The maximum absolute atomic E-state index is 11.7. The summed E-state index contributed by atoms with van der Waals surface area (Å²) in [6.45, 7) is 5.04. The molecule has 1 amide bonds. The van der Waals surface area contributed by atoms with Crippen LogP contribution >= 0.6 is 0 Å². The van der Waals surface area contributed by atoms with E-state index in [0.717, 1.165) is 68.9 Å². The van der Waals surface area contributed by atoms with Crippen molar-refractivity contribution in [2.45, 2.75) is 57.4 Å². The quantitative estimate of drug-likeness (QED) is 0.918. The Hall–Kier alpha value is -2.02. The maximum atomic E-state index is 11.7. The number of fused-ring (bicyclic) bond motifs is 1. The first-order chi connectivity index (χ1) is 12.2. The van der Waals surface area contributed by atoms with Crippen LogP contribution in [0.5, 0.6) is 0 Å². The molecule has 0 spiro atoms. The lowest BCUT2D eigenvalue weighted by molar-refractivity contribution is -0.121. The highest BCUT2D eigenvalue weighted by atomic mass is 16.1. The van der Waals surface area contributed by atoms with Crippen LogP contribution in [-0.4, -0.2) is 56.3 Å². The summed E-state index contributed by atoms with van der Waals surface area (Å²) in [5.41, 5.74) is 1.80. The second kappa shape index (κ2) is 7.07. The molecule has 0 aromatic carbocycles. The van der Waals surface area contributed by atoms with Gasteiger partial charge >= 0.3 is 0 Å². The lowest BCUT2D eigenvalue weighted by atomic mass is 9.95. The summed E-state index contributed by atoms with van der Waals surface area (Å²) < 4.78 is 1.90. The van der Waals surface area contributed by atoms with E-state index in [4.69, 9.17) is 0 Å². The highest BCUT2D eigenvalue weighted by Gasteiger charge is 2.27. The van der Waals surface area contributed by atoms with Crippen LogP contribution in [0.1, 0.15) is 56.0 Å². The fraction of sp³-hybridized carbons (Fsp3) is 0.667. The normalized spacial score (nSPS) is 23.6. The fourth-order valence-electron chi connectivity index (χ4n) is 4.02. The van der Waals surface area contributed by atoms with Gasteiger partial charge in [0.15, 0.2) is 11.5 Å². The van der Waals surface area contributed by atoms with Gasteiger partial charge in [-0.05, 0) is 57.8 Å². The van der Waals surface area contributed by atoms with Crippen LogP contribution in [-0.2, 0) is 4.79 Å². The largest absolute Gasteiger partial charge is 0.352 e. The number of carbonyl (C=O) groups excluding carboxylic acids is 1. The van der Waals surface area contributed by atoms with Crippen LogP contribution in [0.2, 0.25) is 0 Å². The molecule has 7 heteroatoms. The number of aryl methyl sites for hydroxylation is 1. The molecule has 0 bridgehead atoms. The average molecular weight is 342 g/mol. The van der Waals surface area contributed by atoms with E-state index in [0.29, 0.717) is 18.4 Å². The molecule has 2 aromatic rings. The lowest BCUT2D eigenvalue weighted by Crippen LogP contribution is -2.45. The summed E-state index contributed by atoms with van der Waals surface area (Å²) in [4.78, 5) is 14.2. The second-order valence-corrected chi connectivity index (χ2v) is 7.39. The van der Waals surface area contributed by atoms with Crippen LogP contribution in [0.15, 0.2) is 12.1 Å². The average Bonchev–Trinajstić information content (AvgIpc) is 2.91. The molecule has 2 saturated heterocycles. The van der Waals surface area contributed by atoms with Gasteiger partial charge in [-0.3, -0.25) is 4.79 Å². The van der Waals surface area contributed by atoms with Crippen molar-refractivity contribution in [1.82, 2.24) is 30.0 Å². The number of piperidine rings is 1. The molecule has 2 fully saturated rings. The molecular formula is C18H26N6O. The van der Waals surface area contributed by atoms with Crippen molar-refractivity contribution < 1.29 is 4.79 Å². The summed E-state index contributed by atoms with van der Waals surface area (Å²) in [5.74, 6) is 1.61. The van der Waals surface area contributed by atoms with Crippen LogP contribution in [0.3, 0.4) is 0 Å². The predicted octanol–water partition coefficient (Wildman–Crippen LogP) is 1.67. The maximum Gasteiger partial charge on any atom is 0.220 e. The van der Waals surface area contributed by atoms with E-state index < -0.39 is 0 Å². The number of hydrogen-bond acceptors (Lipinski definition) is 5. The monoisotopic (exact) mass is 342 g/mol. The Morgan fingerprint density at radius 2 is 2.00 bits per heavy atom. The molecule has 2 aliphatic heterocycles. The van der Waals surface area contributed by atoms with Gasteiger partial charge in [0.2, 0.25) is 5.91 Å². The third kappa shape index (κ3) is 3.66. The molecule has 2 aliphatic rings. The van der Waals surface area contributed by atoms with Crippen molar-refractivity contribution >= 4 is 11.6 Å². The van der Waals surface area contributed by atoms with Gasteiger partial charge in [-0.15, -0.1) is 10.2 Å². The first-order valence-electron chi connectivity index (χ1n) is 9.40. The van der Waals surface area contributed by atoms with Gasteiger partial charge in [-0.2, -0.15) is 9.61 Å². The van der Waals surface area contributed by atoms with Crippen LogP contribution < -0.4 is 5.32 Å². The van der Waals surface area contributed by atoms with Crippen LogP contribution in [0, 0.1) is 6.92 Å². The fourth-order valence-corrected chi connectivity index (χ4v) is 4.02. The van der Waals surface area contributed by atoms with Crippen molar-refractivity contribution in [3.05, 3.63) is 23.7 Å². The number of nitrogens with one attached hydrogen (secondary N) is 1. The number of aromatic nitrogens is 4. The van der Waals surface area contributed by atoms with Gasteiger partial charge < -0.3 is 10.2 Å². The molecule has 2 aromatic heterocycles. The zero-order valence-corrected chi connectivity index (χ0v) is 14.8. The molecule has 25 heavy (non-hydrogen) atoms. The zero-order chi connectivity index (χ0) is 17.2. The van der Waals surface area contributed by atoms with Gasteiger partial charge in [0, 0.05) is 24.9 Å². The molecule has 1 unspecified atom stereocenters. The number of nitrogens with zero attached hydrogens (tertiary/aromatic N) is 5. The number of likely N-dealkylation sites (tertiary alicyclic amines) is 1. The molecular weight excluding hydrogens is 316 g/mol.